The van der Waals surface area contributed by atoms with Crippen LogP contribution >= 0.6 is 0 Å². The molecule has 0 aromatic carbocycles. The summed E-state index contributed by atoms with van der Waals surface area (Å²) in [6.45, 7) is 5.76. The second kappa shape index (κ2) is 6.64. The number of aromatic nitrogens is 1. The summed E-state index contributed by atoms with van der Waals surface area (Å²) >= 11 is 0. The Morgan fingerprint density at radius 1 is 1.40 bits per heavy atom. The van der Waals surface area contributed by atoms with Gasteiger partial charge in [0.2, 0.25) is 0 Å². The number of aromatic amines is 1. The van der Waals surface area contributed by atoms with Crippen LogP contribution in [-0.4, -0.2) is 22.7 Å². The predicted octanol–water partition coefficient (Wildman–Crippen LogP) is 1.90. The van der Waals surface area contributed by atoms with Crippen molar-refractivity contribution < 1.29 is 5.11 Å². The second-order valence-electron chi connectivity index (χ2n) is 3.99. The van der Waals surface area contributed by atoms with Crippen molar-refractivity contribution in [3.63, 3.8) is 0 Å². The van der Waals surface area contributed by atoms with E-state index in [1.165, 1.54) is 5.56 Å². The van der Waals surface area contributed by atoms with Crippen LogP contribution in [0.25, 0.3) is 0 Å². The second-order valence-corrected chi connectivity index (χ2v) is 3.99. The van der Waals surface area contributed by atoms with Gasteiger partial charge >= 0.3 is 0 Å². The smallest absolute Gasteiger partial charge is 0.0692 e. The van der Waals surface area contributed by atoms with E-state index >= 15 is 0 Å². The first-order chi connectivity index (χ1) is 7.27. The van der Waals surface area contributed by atoms with Gasteiger partial charge in [-0.05, 0) is 17.5 Å². The van der Waals surface area contributed by atoms with Crippen LogP contribution in [-0.2, 0) is 6.54 Å². The third-order valence-corrected chi connectivity index (χ3v) is 2.94. The van der Waals surface area contributed by atoms with E-state index in [0.29, 0.717) is 12.5 Å². The minimum absolute atomic E-state index is 0.223. The van der Waals surface area contributed by atoms with Crippen LogP contribution in [0.5, 0.6) is 0 Å². The van der Waals surface area contributed by atoms with Crippen LogP contribution in [0.1, 0.15) is 32.3 Å². The minimum atomic E-state index is -0.223. The molecule has 0 bridgehead atoms. The van der Waals surface area contributed by atoms with Crippen molar-refractivity contribution in [2.45, 2.75) is 39.3 Å². The highest BCUT2D eigenvalue weighted by Crippen LogP contribution is 2.12. The van der Waals surface area contributed by atoms with Gasteiger partial charge in [-0.1, -0.05) is 26.7 Å². The molecule has 0 saturated heterocycles. The summed E-state index contributed by atoms with van der Waals surface area (Å²) in [7, 11) is 0. The first-order valence-electron chi connectivity index (χ1n) is 5.78. The highest BCUT2D eigenvalue weighted by Gasteiger charge is 2.14. The number of hydrogen-bond acceptors (Lipinski definition) is 2. The van der Waals surface area contributed by atoms with E-state index in [9.17, 15) is 5.11 Å². The molecule has 0 radical (unpaired) electrons. The molecule has 0 aliphatic heterocycles. The Kier molecular flexibility index (Phi) is 5.43. The van der Waals surface area contributed by atoms with Gasteiger partial charge in [-0.25, -0.2) is 0 Å². The standard InChI is InChI=1S/C12H22N2O/c1-3-11(4-2)12(15)9-14-8-10-5-6-13-7-10/h5-7,11-15H,3-4,8-9H2,1-2H3. The largest absolute Gasteiger partial charge is 0.392 e. The Morgan fingerprint density at radius 2 is 2.13 bits per heavy atom. The maximum atomic E-state index is 9.87. The number of nitrogens with one attached hydrogen (secondary N) is 2. The van der Waals surface area contributed by atoms with Gasteiger partial charge in [0.25, 0.3) is 0 Å². The lowest BCUT2D eigenvalue weighted by Gasteiger charge is -2.20. The van der Waals surface area contributed by atoms with Gasteiger partial charge in [-0.15, -0.1) is 0 Å². The van der Waals surface area contributed by atoms with Crippen LogP contribution in [0.3, 0.4) is 0 Å². The molecule has 3 heteroatoms. The van der Waals surface area contributed by atoms with Gasteiger partial charge in [0.1, 0.15) is 0 Å². The molecule has 15 heavy (non-hydrogen) atoms. The molecule has 1 heterocycles. The SMILES string of the molecule is CCC(CC)C(O)CNCc1cc[nH]c1. The van der Waals surface area contributed by atoms with Gasteiger partial charge in [0.05, 0.1) is 6.10 Å². The lowest BCUT2D eigenvalue weighted by Crippen LogP contribution is -2.32. The van der Waals surface area contributed by atoms with Crippen LogP contribution in [0, 0.1) is 5.92 Å². The molecular formula is C12H22N2O. The van der Waals surface area contributed by atoms with E-state index < -0.39 is 0 Å². The monoisotopic (exact) mass is 210 g/mol. The van der Waals surface area contributed by atoms with Gasteiger partial charge < -0.3 is 15.4 Å². The van der Waals surface area contributed by atoms with Crippen molar-refractivity contribution in [1.82, 2.24) is 10.3 Å². The number of aliphatic hydroxyl groups is 1. The molecule has 3 N–H and O–H groups in total. The molecule has 0 aliphatic rings. The highest BCUT2D eigenvalue weighted by molar-refractivity contribution is 5.07. The Labute approximate surface area is 91.9 Å². The summed E-state index contributed by atoms with van der Waals surface area (Å²) in [5.41, 5.74) is 1.23. The molecule has 1 aromatic heterocycles. The van der Waals surface area contributed by atoms with Crippen molar-refractivity contribution in [3.8, 4) is 0 Å². The van der Waals surface area contributed by atoms with Crippen molar-refractivity contribution in [3.05, 3.63) is 24.0 Å². The maximum absolute atomic E-state index is 9.87. The first-order valence-corrected chi connectivity index (χ1v) is 5.78. The number of rotatable bonds is 7. The van der Waals surface area contributed by atoms with Crippen molar-refractivity contribution in [1.29, 1.82) is 0 Å². The number of H-pyrrole nitrogens is 1. The zero-order valence-corrected chi connectivity index (χ0v) is 9.66. The summed E-state index contributed by atoms with van der Waals surface area (Å²) in [6.07, 6.45) is 5.75. The highest BCUT2D eigenvalue weighted by atomic mass is 16.3. The Bertz CT molecular complexity index is 242. The maximum Gasteiger partial charge on any atom is 0.0692 e. The van der Waals surface area contributed by atoms with Gasteiger partial charge in [-0.2, -0.15) is 0 Å². The third kappa shape index (κ3) is 4.06. The van der Waals surface area contributed by atoms with E-state index in [1.54, 1.807) is 0 Å². The normalized spacial score (nSPS) is 13.3. The fourth-order valence-electron chi connectivity index (χ4n) is 1.83. The Hall–Kier alpha value is -0.800. The summed E-state index contributed by atoms with van der Waals surface area (Å²) in [4.78, 5) is 3.01. The first kappa shape index (κ1) is 12.3. The van der Waals surface area contributed by atoms with E-state index in [1.807, 2.05) is 18.5 Å². The Morgan fingerprint density at radius 3 is 2.67 bits per heavy atom. The zero-order chi connectivity index (χ0) is 11.1. The number of aliphatic hydroxyl groups excluding tert-OH is 1. The van der Waals surface area contributed by atoms with Crippen LogP contribution < -0.4 is 5.32 Å². The van der Waals surface area contributed by atoms with E-state index in [-0.39, 0.29) is 6.10 Å². The van der Waals surface area contributed by atoms with Crippen LogP contribution in [0.4, 0.5) is 0 Å². The summed E-state index contributed by atoms with van der Waals surface area (Å²) < 4.78 is 0. The van der Waals surface area contributed by atoms with Crippen molar-refractivity contribution in [2.24, 2.45) is 5.92 Å². The number of hydrogen-bond donors (Lipinski definition) is 3. The molecular weight excluding hydrogens is 188 g/mol. The average molecular weight is 210 g/mol. The van der Waals surface area contributed by atoms with Gasteiger partial charge in [0.15, 0.2) is 0 Å². The van der Waals surface area contributed by atoms with Gasteiger partial charge in [0, 0.05) is 25.5 Å². The molecule has 1 rings (SSSR count). The summed E-state index contributed by atoms with van der Waals surface area (Å²) in [5.74, 6) is 0.420. The molecule has 0 aliphatic carbocycles. The quantitative estimate of drug-likeness (QED) is 0.643. The minimum Gasteiger partial charge on any atom is -0.392 e. The van der Waals surface area contributed by atoms with E-state index in [0.717, 1.165) is 19.4 Å². The fourth-order valence-corrected chi connectivity index (χ4v) is 1.83. The molecule has 0 fully saturated rings. The van der Waals surface area contributed by atoms with E-state index in [2.05, 4.69) is 24.1 Å². The molecule has 0 saturated carbocycles. The van der Waals surface area contributed by atoms with Crippen molar-refractivity contribution in [2.75, 3.05) is 6.54 Å². The van der Waals surface area contributed by atoms with Crippen molar-refractivity contribution >= 4 is 0 Å². The van der Waals surface area contributed by atoms with Crippen LogP contribution in [0.15, 0.2) is 18.5 Å². The zero-order valence-electron chi connectivity index (χ0n) is 9.66. The molecule has 1 aromatic rings. The predicted molar refractivity (Wildman–Crippen MR) is 62.6 cm³/mol. The molecule has 1 atom stereocenters. The lowest BCUT2D eigenvalue weighted by molar-refractivity contribution is 0.101. The Balaban J connectivity index is 2.19. The van der Waals surface area contributed by atoms with Crippen LogP contribution in [0.2, 0.25) is 0 Å². The van der Waals surface area contributed by atoms with Gasteiger partial charge in [-0.3, -0.25) is 0 Å². The average Bonchev–Trinajstić information content (AvgIpc) is 2.72. The molecule has 3 nitrogen and oxygen atoms in total. The molecule has 86 valence electrons. The molecule has 0 spiro atoms. The van der Waals surface area contributed by atoms with E-state index in [4.69, 9.17) is 0 Å². The molecule has 1 unspecified atom stereocenters. The topological polar surface area (TPSA) is 48.0 Å². The molecule has 0 amide bonds. The fraction of sp³-hybridized carbons (Fsp3) is 0.667. The summed E-state index contributed by atoms with van der Waals surface area (Å²) in [6, 6.07) is 2.04. The third-order valence-electron chi connectivity index (χ3n) is 2.94. The lowest BCUT2D eigenvalue weighted by atomic mass is 9.96. The summed E-state index contributed by atoms with van der Waals surface area (Å²) in [5, 5.41) is 13.1.